The van der Waals surface area contributed by atoms with E-state index in [4.69, 9.17) is 0 Å². The quantitative estimate of drug-likeness (QED) is 0.483. The standard InChI is InChI=1S/C9H16.CH4/c1-9(2)7-3-4-8(9)6-5-7;/h7-8H,3-6H2,1-2H3;1H4. The molecule has 60 valence electrons. The Kier molecular flexibility index (Phi) is 1.82. The minimum absolute atomic E-state index is 0. The summed E-state index contributed by atoms with van der Waals surface area (Å²) in [6, 6.07) is 0. The minimum atomic E-state index is 0. The summed E-state index contributed by atoms with van der Waals surface area (Å²) >= 11 is 0. The molecule has 0 atom stereocenters. The van der Waals surface area contributed by atoms with Crippen LogP contribution in [-0.4, -0.2) is 0 Å². The van der Waals surface area contributed by atoms with Crippen LogP contribution in [0.1, 0.15) is 47.0 Å². The fourth-order valence-corrected chi connectivity index (χ4v) is 2.91. The minimum Gasteiger partial charge on any atom is -0.0776 e. The molecule has 0 amide bonds. The van der Waals surface area contributed by atoms with Gasteiger partial charge in [0.05, 0.1) is 0 Å². The normalized spacial score (nSPS) is 41.4. The van der Waals surface area contributed by atoms with E-state index in [0.717, 1.165) is 17.3 Å². The van der Waals surface area contributed by atoms with Crippen molar-refractivity contribution < 1.29 is 0 Å². The van der Waals surface area contributed by atoms with Gasteiger partial charge in [0.2, 0.25) is 0 Å². The van der Waals surface area contributed by atoms with Crippen LogP contribution in [0.25, 0.3) is 0 Å². The fraction of sp³-hybridized carbons (Fsp3) is 1.00. The molecule has 0 aliphatic heterocycles. The van der Waals surface area contributed by atoms with Gasteiger partial charge in [0, 0.05) is 0 Å². The third kappa shape index (κ3) is 0.810. The molecule has 2 fully saturated rings. The van der Waals surface area contributed by atoms with Crippen LogP contribution in [0.2, 0.25) is 0 Å². The fourth-order valence-electron chi connectivity index (χ4n) is 2.91. The largest absolute Gasteiger partial charge is 0.0776 e. The summed E-state index contributed by atoms with van der Waals surface area (Å²) in [5, 5.41) is 0. The number of fused-ring (bicyclic) bond motifs is 2. The molecule has 0 N–H and O–H groups in total. The van der Waals surface area contributed by atoms with Crippen molar-refractivity contribution in [2.45, 2.75) is 47.0 Å². The molecule has 2 aliphatic carbocycles. The van der Waals surface area contributed by atoms with Gasteiger partial charge in [-0.05, 0) is 42.9 Å². The lowest BCUT2D eigenvalue weighted by atomic mass is 9.82. The van der Waals surface area contributed by atoms with Gasteiger partial charge in [-0.3, -0.25) is 0 Å². The predicted octanol–water partition coefficient (Wildman–Crippen LogP) is 3.47. The molecule has 0 unspecified atom stereocenters. The van der Waals surface area contributed by atoms with Crippen LogP contribution < -0.4 is 0 Å². The number of hydrogen-bond acceptors (Lipinski definition) is 0. The molecular weight excluding hydrogens is 120 g/mol. The van der Waals surface area contributed by atoms with Gasteiger partial charge in [-0.15, -0.1) is 0 Å². The van der Waals surface area contributed by atoms with E-state index in [1.54, 1.807) is 0 Å². The van der Waals surface area contributed by atoms with Crippen molar-refractivity contribution in [3.63, 3.8) is 0 Å². The zero-order chi connectivity index (χ0) is 6.48. The molecule has 10 heavy (non-hydrogen) atoms. The van der Waals surface area contributed by atoms with Crippen molar-refractivity contribution >= 4 is 0 Å². The molecule has 0 nitrogen and oxygen atoms in total. The Morgan fingerprint density at radius 2 is 1.20 bits per heavy atom. The van der Waals surface area contributed by atoms with Gasteiger partial charge in [-0.25, -0.2) is 0 Å². The van der Waals surface area contributed by atoms with Crippen LogP contribution in [-0.2, 0) is 0 Å². The molecule has 0 heterocycles. The second kappa shape index (κ2) is 2.25. The Morgan fingerprint density at radius 1 is 0.900 bits per heavy atom. The summed E-state index contributed by atoms with van der Waals surface area (Å²) in [5.74, 6) is 2.17. The summed E-state index contributed by atoms with van der Waals surface area (Å²) in [6.07, 6.45) is 6.10. The van der Waals surface area contributed by atoms with Crippen LogP contribution in [0.4, 0.5) is 0 Å². The van der Waals surface area contributed by atoms with Crippen LogP contribution >= 0.6 is 0 Å². The molecule has 2 bridgehead atoms. The van der Waals surface area contributed by atoms with E-state index < -0.39 is 0 Å². The van der Waals surface area contributed by atoms with Gasteiger partial charge in [0.1, 0.15) is 0 Å². The van der Waals surface area contributed by atoms with Crippen molar-refractivity contribution in [1.29, 1.82) is 0 Å². The Bertz CT molecular complexity index is 102. The maximum atomic E-state index is 2.46. The highest BCUT2D eigenvalue weighted by atomic mass is 14.5. The first-order chi connectivity index (χ1) is 4.21. The summed E-state index contributed by atoms with van der Waals surface area (Å²) in [7, 11) is 0. The molecule has 0 aromatic carbocycles. The predicted molar refractivity (Wildman–Crippen MR) is 46.0 cm³/mol. The lowest BCUT2D eigenvalue weighted by Gasteiger charge is -2.23. The average molecular weight is 140 g/mol. The van der Waals surface area contributed by atoms with E-state index in [1.165, 1.54) is 25.7 Å². The molecule has 0 saturated heterocycles. The smallest absolute Gasteiger partial charge is 0.0298 e. The Morgan fingerprint density at radius 3 is 1.30 bits per heavy atom. The highest BCUT2D eigenvalue weighted by Crippen LogP contribution is 2.57. The van der Waals surface area contributed by atoms with E-state index in [-0.39, 0.29) is 7.43 Å². The number of rotatable bonds is 0. The highest BCUT2D eigenvalue weighted by molar-refractivity contribution is 4.97. The SMILES string of the molecule is C.CC1(C)C2CCC1CC2. The topological polar surface area (TPSA) is 0 Å². The Labute approximate surface area is 65.0 Å². The van der Waals surface area contributed by atoms with Crippen LogP contribution in [0.15, 0.2) is 0 Å². The summed E-state index contributed by atoms with van der Waals surface area (Å²) in [4.78, 5) is 0. The molecular formula is C10H20. The average Bonchev–Trinajstić information content (AvgIpc) is 2.24. The lowest BCUT2D eigenvalue weighted by Crippen LogP contribution is -2.16. The van der Waals surface area contributed by atoms with Crippen molar-refractivity contribution in [2.75, 3.05) is 0 Å². The van der Waals surface area contributed by atoms with Crippen LogP contribution in [0.5, 0.6) is 0 Å². The molecule has 0 heteroatoms. The first kappa shape index (κ1) is 8.10. The summed E-state index contributed by atoms with van der Waals surface area (Å²) in [6.45, 7) is 4.92. The monoisotopic (exact) mass is 140 g/mol. The molecule has 0 radical (unpaired) electrons. The third-order valence-electron chi connectivity index (χ3n) is 3.83. The molecule has 0 spiro atoms. The number of hydrogen-bond donors (Lipinski definition) is 0. The van der Waals surface area contributed by atoms with E-state index in [0.29, 0.717) is 0 Å². The van der Waals surface area contributed by atoms with Gasteiger partial charge in [-0.2, -0.15) is 0 Å². The molecule has 2 aliphatic rings. The van der Waals surface area contributed by atoms with Crippen molar-refractivity contribution in [3.8, 4) is 0 Å². The Hall–Kier alpha value is 0. The van der Waals surface area contributed by atoms with Crippen molar-refractivity contribution in [2.24, 2.45) is 17.3 Å². The lowest BCUT2D eigenvalue weighted by molar-refractivity contribution is 0.260. The van der Waals surface area contributed by atoms with Gasteiger partial charge in [0.25, 0.3) is 0 Å². The summed E-state index contributed by atoms with van der Waals surface area (Å²) in [5.41, 5.74) is 0.722. The van der Waals surface area contributed by atoms with Crippen molar-refractivity contribution in [1.82, 2.24) is 0 Å². The second-order valence-corrected chi connectivity index (χ2v) is 4.37. The molecule has 2 saturated carbocycles. The summed E-state index contributed by atoms with van der Waals surface area (Å²) < 4.78 is 0. The first-order valence-corrected chi connectivity index (χ1v) is 4.21. The van der Waals surface area contributed by atoms with Gasteiger partial charge in [-0.1, -0.05) is 21.3 Å². The maximum Gasteiger partial charge on any atom is -0.0298 e. The van der Waals surface area contributed by atoms with Gasteiger partial charge in [0.15, 0.2) is 0 Å². The van der Waals surface area contributed by atoms with E-state index in [2.05, 4.69) is 13.8 Å². The zero-order valence-corrected chi connectivity index (χ0v) is 6.48. The van der Waals surface area contributed by atoms with E-state index in [1.807, 2.05) is 0 Å². The Balaban J connectivity index is 0.000000500. The molecule has 0 aromatic rings. The van der Waals surface area contributed by atoms with E-state index >= 15 is 0 Å². The molecule has 2 rings (SSSR count). The van der Waals surface area contributed by atoms with Gasteiger partial charge < -0.3 is 0 Å². The van der Waals surface area contributed by atoms with Crippen LogP contribution in [0, 0.1) is 17.3 Å². The van der Waals surface area contributed by atoms with Gasteiger partial charge >= 0.3 is 0 Å². The molecule has 0 aromatic heterocycles. The van der Waals surface area contributed by atoms with E-state index in [9.17, 15) is 0 Å². The first-order valence-electron chi connectivity index (χ1n) is 4.21. The third-order valence-corrected chi connectivity index (χ3v) is 3.83. The van der Waals surface area contributed by atoms with Crippen LogP contribution in [0.3, 0.4) is 0 Å². The second-order valence-electron chi connectivity index (χ2n) is 4.37. The van der Waals surface area contributed by atoms with Crippen molar-refractivity contribution in [3.05, 3.63) is 0 Å². The maximum absolute atomic E-state index is 2.46. The zero-order valence-electron chi connectivity index (χ0n) is 6.48. The highest BCUT2D eigenvalue weighted by Gasteiger charge is 2.47.